The quantitative estimate of drug-likeness (QED) is 0.919. The van der Waals surface area contributed by atoms with E-state index < -0.39 is 0 Å². The average Bonchev–Trinajstić information content (AvgIpc) is 2.42. The van der Waals surface area contributed by atoms with Crippen LogP contribution in [0, 0.1) is 6.92 Å². The highest BCUT2D eigenvalue weighted by atomic mass is 16.5. The predicted molar refractivity (Wildman–Crippen MR) is 82.3 cm³/mol. The number of amides is 1. The van der Waals surface area contributed by atoms with E-state index >= 15 is 0 Å². The molecule has 0 unspecified atom stereocenters. The summed E-state index contributed by atoms with van der Waals surface area (Å²) in [5.74, 6) is 0.0379. The van der Waals surface area contributed by atoms with Crippen molar-refractivity contribution in [1.29, 1.82) is 0 Å². The third kappa shape index (κ3) is 3.73. The van der Waals surface area contributed by atoms with Crippen LogP contribution in [0.25, 0.3) is 0 Å². The van der Waals surface area contributed by atoms with Crippen molar-refractivity contribution in [3.05, 3.63) is 23.8 Å². The van der Waals surface area contributed by atoms with Crippen molar-refractivity contribution in [3.63, 3.8) is 0 Å². The molecule has 1 fully saturated rings. The van der Waals surface area contributed by atoms with Gasteiger partial charge < -0.3 is 15.0 Å². The molecule has 1 aromatic rings. The van der Waals surface area contributed by atoms with Crippen molar-refractivity contribution >= 4 is 17.3 Å². The van der Waals surface area contributed by atoms with Gasteiger partial charge in [0.2, 0.25) is 5.91 Å². The SMILES string of the molecule is Cc1c(NC(=O)C[C@H]2CCCCO2)cccc1N(C)C. The molecule has 0 spiro atoms. The van der Waals surface area contributed by atoms with Crippen molar-refractivity contribution in [2.24, 2.45) is 0 Å². The van der Waals surface area contributed by atoms with Gasteiger partial charge in [-0.25, -0.2) is 0 Å². The van der Waals surface area contributed by atoms with Gasteiger partial charge in [0.1, 0.15) is 0 Å². The minimum Gasteiger partial charge on any atom is -0.378 e. The Morgan fingerprint density at radius 3 is 2.85 bits per heavy atom. The molecule has 1 amide bonds. The van der Waals surface area contributed by atoms with Gasteiger partial charge in [-0.2, -0.15) is 0 Å². The van der Waals surface area contributed by atoms with Crippen LogP contribution in [0.1, 0.15) is 31.2 Å². The van der Waals surface area contributed by atoms with E-state index in [9.17, 15) is 4.79 Å². The van der Waals surface area contributed by atoms with Crippen LogP contribution in [-0.2, 0) is 9.53 Å². The van der Waals surface area contributed by atoms with Crippen molar-refractivity contribution < 1.29 is 9.53 Å². The molecule has 4 heteroatoms. The molecule has 20 heavy (non-hydrogen) atoms. The number of hydrogen-bond donors (Lipinski definition) is 1. The molecule has 0 saturated carbocycles. The van der Waals surface area contributed by atoms with Crippen molar-refractivity contribution in [1.82, 2.24) is 0 Å². The molecule has 1 atom stereocenters. The fourth-order valence-electron chi connectivity index (χ4n) is 2.62. The van der Waals surface area contributed by atoms with E-state index in [4.69, 9.17) is 4.74 Å². The molecule has 1 N–H and O–H groups in total. The lowest BCUT2D eigenvalue weighted by Gasteiger charge is -2.22. The summed E-state index contributed by atoms with van der Waals surface area (Å²) in [6.45, 7) is 2.81. The lowest BCUT2D eigenvalue weighted by atomic mass is 10.1. The summed E-state index contributed by atoms with van der Waals surface area (Å²) in [6, 6.07) is 5.96. The molecular weight excluding hydrogens is 252 g/mol. The molecule has 0 aromatic heterocycles. The van der Waals surface area contributed by atoms with Crippen LogP contribution >= 0.6 is 0 Å². The Bertz CT molecular complexity index is 466. The zero-order valence-corrected chi connectivity index (χ0v) is 12.6. The highest BCUT2D eigenvalue weighted by Gasteiger charge is 2.18. The zero-order chi connectivity index (χ0) is 14.5. The molecule has 110 valence electrons. The van der Waals surface area contributed by atoms with E-state index in [0.29, 0.717) is 6.42 Å². The molecule has 1 aliphatic heterocycles. The van der Waals surface area contributed by atoms with Gasteiger partial charge in [0, 0.05) is 32.1 Å². The van der Waals surface area contributed by atoms with E-state index in [1.165, 1.54) is 0 Å². The lowest BCUT2D eigenvalue weighted by molar-refractivity contribution is -0.119. The van der Waals surface area contributed by atoms with E-state index in [-0.39, 0.29) is 12.0 Å². The Kier molecular flexibility index (Phi) is 5.01. The summed E-state index contributed by atoms with van der Waals surface area (Å²) < 4.78 is 5.61. The monoisotopic (exact) mass is 276 g/mol. The third-order valence-corrected chi connectivity index (χ3v) is 3.75. The van der Waals surface area contributed by atoms with Crippen LogP contribution < -0.4 is 10.2 Å². The number of anilines is 2. The number of carbonyl (C=O) groups excluding carboxylic acids is 1. The molecule has 1 saturated heterocycles. The van der Waals surface area contributed by atoms with E-state index in [0.717, 1.165) is 42.8 Å². The van der Waals surface area contributed by atoms with Gasteiger partial charge in [-0.3, -0.25) is 4.79 Å². The summed E-state index contributed by atoms with van der Waals surface area (Å²) in [5, 5.41) is 3.01. The highest BCUT2D eigenvalue weighted by Crippen LogP contribution is 2.25. The Hall–Kier alpha value is -1.55. The highest BCUT2D eigenvalue weighted by molar-refractivity contribution is 5.92. The summed E-state index contributed by atoms with van der Waals surface area (Å²) >= 11 is 0. The first-order valence-corrected chi connectivity index (χ1v) is 7.26. The largest absolute Gasteiger partial charge is 0.378 e. The summed E-state index contributed by atoms with van der Waals surface area (Å²) in [7, 11) is 4.01. The number of hydrogen-bond acceptors (Lipinski definition) is 3. The van der Waals surface area contributed by atoms with Crippen LogP contribution in [0.5, 0.6) is 0 Å². The molecule has 0 radical (unpaired) electrons. The maximum absolute atomic E-state index is 12.1. The van der Waals surface area contributed by atoms with Gasteiger partial charge >= 0.3 is 0 Å². The molecular formula is C16H24N2O2. The Labute approximate surface area is 121 Å². The first-order valence-electron chi connectivity index (χ1n) is 7.26. The number of nitrogens with zero attached hydrogens (tertiary/aromatic N) is 1. The molecule has 0 bridgehead atoms. The van der Waals surface area contributed by atoms with Crippen LogP contribution in [0.2, 0.25) is 0 Å². The Morgan fingerprint density at radius 1 is 1.40 bits per heavy atom. The number of rotatable bonds is 4. The number of nitrogens with one attached hydrogen (secondary N) is 1. The van der Waals surface area contributed by atoms with Crippen molar-refractivity contribution in [3.8, 4) is 0 Å². The standard InChI is InChI=1S/C16H24N2O2/c1-12-14(8-6-9-15(12)18(2)3)17-16(19)11-13-7-4-5-10-20-13/h6,8-9,13H,4-5,7,10-11H2,1-3H3,(H,17,19)/t13-/m1/s1. The normalized spacial score (nSPS) is 18.6. The fraction of sp³-hybridized carbons (Fsp3) is 0.562. The molecule has 0 aliphatic carbocycles. The second-order valence-corrected chi connectivity index (χ2v) is 5.59. The summed E-state index contributed by atoms with van der Waals surface area (Å²) in [5.41, 5.74) is 3.10. The Balaban J connectivity index is 1.98. The van der Waals surface area contributed by atoms with Crippen LogP contribution in [-0.4, -0.2) is 32.7 Å². The minimum atomic E-state index is 0.0379. The summed E-state index contributed by atoms with van der Waals surface area (Å²) in [4.78, 5) is 14.2. The van der Waals surface area contributed by atoms with Gasteiger partial charge in [0.25, 0.3) is 0 Å². The van der Waals surface area contributed by atoms with E-state index in [1.54, 1.807) is 0 Å². The number of benzene rings is 1. The fourth-order valence-corrected chi connectivity index (χ4v) is 2.62. The molecule has 1 aromatic carbocycles. The third-order valence-electron chi connectivity index (χ3n) is 3.75. The van der Waals surface area contributed by atoms with Gasteiger partial charge in [0.15, 0.2) is 0 Å². The van der Waals surface area contributed by atoms with Crippen molar-refractivity contribution in [2.75, 3.05) is 30.9 Å². The zero-order valence-electron chi connectivity index (χ0n) is 12.6. The second kappa shape index (κ2) is 6.75. The average molecular weight is 276 g/mol. The molecule has 2 rings (SSSR count). The Morgan fingerprint density at radius 2 is 2.20 bits per heavy atom. The topological polar surface area (TPSA) is 41.6 Å². The smallest absolute Gasteiger partial charge is 0.226 e. The minimum absolute atomic E-state index is 0.0379. The lowest BCUT2D eigenvalue weighted by Crippen LogP contribution is -2.26. The maximum Gasteiger partial charge on any atom is 0.226 e. The number of carbonyl (C=O) groups is 1. The van der Waals surface area contributed by atoms with E-state index in [1.807, 2.05) is 33.2 Å². The predicted octanol–water partition coefficient (Wildman–Crippen LogP) is 2.96. The van der Waals surface area contributed by atoms with Gasteiger partial charge in [-0.15, -0.1) is 0 Å². The van der Waals surface area contributed by atoms with Gasteiger partial charge in [-0.1, -0.05) is 6.07 Å². The van der Waals surface area contributed by atoms with Crippen LogP contribution in [0.4, 0.5) is 11.4 Å². The second-order valence-electron chi connectivity index (χ2n) is 5.59. The van der Waals surface area contributed by atoms with Gasteiger partial charge in [-0.05, 0) is 43.9 Å². The molecule has 4 nitrogen and oxygen atoms in total. The van der Waals surface area contributed by atoms with Crippen LogP contribution in [0.15, 0.2) is 18.2 Å². The molecule has 1 heterocycles. The first kappa shape index (κ1) is 14.9. The first-order chi connectivity index (χ1) is 9.58. The molecule has 1 aliphatic rings. The van der Waals surface area contributed by atoms with Crippen LogP contribution in [0.3, 0.4) is 0 Å². The maximum atomic E-state index is 12.1. The number of ether oxygens (including phenoxy) is 1. The van der Waals surface area contributed by atoms with Crippen molar-refractivity contribution in [2.45, 2.75) is 38.7 Å². The summed E-state index contributed by atoms with van der Waals surface area (Å²) in [6.07, 6.45) is 3.80. The van der Waals surface area contributed by atoms with E-state index in [2.05, 4.69) is 16.3 Å². The van der Waals surface area contributed by atoms with Gasteiger partial charge in [0.05, 0.1) is 12.5 Å².